The van der Waals surface area contributed by atoms with E-state index in [0.717, 1.165) is 27.6 Å². The number of carbonyl (C=O) groups excluding carboxylic acids is 2. The molecule has 0 aliphatic carbocycles. The minimum atomic E-state index is -1.26. The summed E-state index contributed by atoms with van der Waals surface area (Å²) in [5, 5.41) is 10.8. The first kappa shape index (κ1) is 19.1. The van der Waals surface area contributed by atoms with E-state index in [-0.39, 0.29) is 16.9 Å². The number of hydrogen-bond acceptors (Lipinski definition) is 4. The maximum Gasteiger partial charge on any atom is 0.300 e. The van der Waals surface area contributed by atoms with Gasteiger partial charge in [-0.2, -0.15) is 0 Å². The molecule has 8 heteroatoms. The van der Waals surface area contributed by atoms with Crippen LogP contribution >= 0.6 is 15.9 Å². The second-order valence-electron chi connectivity index (χ2n) is 6.29. The van der Waals surface area contributed by atoms with Gasteiger partial charge < -0.3 is 9.52 Å². The van der Waals surface area contributed by atoms with E-state index in [4.69, 9.17) is 4.42 Å². The molecule has 1 fully saturated rings. The molecule has 4 rings (SSSR count). The van der Waals surface area contributed by atoms with Crippen LogP contribution in [0.15, 0.2) is 75.3 Å². The lowest BCUT2D eigenvalue weighted by molar-refractivity contribution is -0.132. The lowest BCUT2D eigenvalue weighted by Crippen LogP contribution is -2.30. The molecule has 5 nitrogen and oxygen atoms in total. The molecule has 1 amide bonds. The molecule has 1 aliphatic heterocycles. The number of rotatable bonds is 3. The maximum absolute atomic E-state index is 14.4. The summed E-state index contributed by atoms with van der Waals surface area (Å²) in [7, 11) is 0. The second-order valence-corrected chi connectivity index (χ2v) is 7.20. The van der Waals surface area contributed by atoms with Gasteiger partial charge in [0.25, 0.3) is 11.7 Å². The average Bonchev–Trinajstić information content (AvgIpc) is 3.31. The molecule has 1 aliphatic rings. The van der Waals surface area contributed by atoms with Crippen LogP contribution < -0.4 is 4.90 Å². The standard InChI is InChI=1S/C21H12BrF2NO4/c22-12-5-3-11(4-6-12)19(26)17-18(16-2-1-9-29-16)25(21(28)20(17)27)15-10-13(23)7-8-14(15)24/h1-10,18,26H/b19-17-. The highest BCUT2D eigenvalue weighted by Gasteiger charge is 2.49. The number of aliphatic hydroxyl groups is 1. The van der Waals surface area contributed by atoms with Crippen molar-refractivity contribution in [2.75, 3.05) is 4.90 Å². The minimum Gasteiger partial charge on any atom is -0.507 e. The molecule has 1 saturated heterocycles. The number of carbonyl (C=O) groups is 2. The minimum absolute atomic E-state index is 0.117. The number of benzene rings is 2. The van der Waals surface area contributed by atoms with Crippen LogP contribution in [0, 0.1) is 11.6 Å². The maximum atomic E-state index is 14.4. The predicted molar refractivity (Wildman–Crippen MR) is 104 cm³/mol. The van der Waals surface area contributed by atoms with E-state index >= 15 is 0 Å². The molecule has 2 aromatic carbocycles. The highest BCUT2D eigenvalue weighted by Crippen LogP contribution is 2.43. The predicted octanol–water partition coefficient (Wildman–Crippen LogP) is 4.95. The Morgan fingerprint density at radius 2 is 1.79 bits per heavy atom. The van der Waals surface area contributed by atoms with Crippen LogP contribution in [0.3, 0.4) is 0 Å². The molecule has 29 heavy (non-hydrogen) atoms. The molecule has 2 heterocycles. The van der Waals surface area contributed by atoms with Crippen LogP contribution in [-0.2, 0) is 9.59 Å². The van der Waals surface area contributed by atoms with Gasteiger partial charge in [0.1, 0.15) is 29.2 Å². The summed E-state index contributed by atoms with van der Waals surface area (Å²) in [5.74, 6) is -4.14. The zero-order chi connectivity index (χ0) is 20.7. The van der Waals surface area contributed by atoms with Gasteiger partial charge in [-0.1, -0.05) is 28.1 Å². The summed E-state index contributed by atoms with van der Waals surface area (Å²) in [6.45, 7) is 0. The van der Waals surface area contributed by atoms with Crippen LogP contribution in [0.5, 0.6) is 0 Å². The van der Waals surface area contributed by atoms with Crippen molar-refractivity contribution >= 4 is 39.1 Å². The van der Waals surface area contributed by atoms with Gasteiger partial charge in [0, 0.05) is 16.1 Å². The van der Waals surface area contributed by atoms with Gasteiger partial charge in [0.05, 0.1) is 17.5 Å². The van der Waals surface area contributed by atoms with Crippen LogP contribution in [0.1, 0.15) is 17.4 Å². The normalized spacial score (nSPS) is 18.4. The third-order valence-electron chi connectivity index (χ3n) is 4.54. The largest absolute Gasteiger partial charge is 0.507 e. The van der Waals surface area contributed by atoms with Gasteiger partial charge in [-0.25, -0.2) is 8.78 Å². The number of hydrogen-bond donors (Lipinski definition) is 1. The smallest absolute Gasteiger partial charge is 0.300 e. The number of halogens is 3. The van der Waals surface area contributed by atoms with Crippen molar-refractivity contribution in [3.63, 3.8) is 0 Å². The lowest BCUT2D eigenvalue weighted by Gasteiger charge is -2.23. The number of Topliss-reactive ketones (excluding diaryl/α,β-unsaturated/α-hetero) is 1. The Balaban J connectivity index is 1.95. The number of aliphatic hydroxyl groups excluding tert-OH is 1. The summed E-state index contributed by atoms with van der Waals surface area (Å²) in [6.07, 6.45) is 1.32. The molecular weight excluding hydrogens is 448 g/mol. The zero-order valence-corrected chi connectivity index (χ0v) is 16.2. The molecule has 1 N–H and O–H groups in total. The highest BCUT2D eigenvalue weighted by atomic mass is 79.9. The Morgan fingerprint density at radius 1 is 1.07 bits per heavy atom. The summed E-state index contributed by atoms with van der Waals surface area (Å²) >= 11 is 3.28. The van der Waals surface area contributed by atoms with Crippen molar-refractivity contribution in [2.24, 2.45) is 0 Å². The SMILES string of the molecule is O=C1C(=O)N(c2cc(F)ccc2F)C(c2ccco2)/C1=C(/O)c1ccc(Br)cc1. The highest BCUT2D eigenvalue weighted by molar-refractivity contribution is 9.10. The van der Waals surface area contributed by atoms with E-state index in [0.29, 0.717) is 0 Å². The van der Waals surface area contributed by atoms with Gasteiger partial charge in [-0.3, -0.25) is 14.5 Å². The topological polar surface area (TPSA) is 70.8 Å². The molecule has 0 radical (unpaired) electrons. The molecule has 0 bridgehead atoms. The second kappa shape index (κ2) is 7.29. The summed E-state index contributed by atoms with van der Waals surface area (Å²) in [6, 6.07) is 10.7. The third kappa shape index (κ3) is 3.25. The quantitative estimate of drug-likeness (QED) is 0.341. The Kier molecular flexibility index (Phi) is 4.79. The first-order valence-corrected chi connectivity index (χ1v) is 9.23. The van der Waals surface area contributed by atoms with Crippen molar-refractivity contribution in [1.29, 1.82) is 0 Å². The third-order valence-corrected chi connectivity index (χ3v) is 5.07. The van der Waals surface area contributed by atoms with Gasteiger partial charge in [-0.15, -0.1) is 0 Å². The molecule has 3 aromatic rings. The zero-order valence-electron chi connectivity index (χ0n) is 14.6. The van der Waals surface area contributed by atoms with E-state index < -0.39 is 40.8 Å². The summed E-state index contributed by atoms with van der Waals surface area (Å²) < 4.78 is 34.3. The van der Waals surface area contributed by atoms with Crippen LogP contribution in [0.4, 0.5) is 14.5 Å². The Bertz CT molecular complexity index is 1140. The van der Waals surface area contributed by atoms with Crippen LogP contribution in [0.25, 0.3) is 5.76 Å². The van der Waals surface area contributed by atoms with Gasteiger partial charge in [0.2, 0.25) is 0 Å². The lowest BCUT2D eigenvalue weighted by atomic mass is 9.99. The van der Waals surface area contributed by atoms with Gasteiger partial charge in [-0.05, 0) is 36.4 Å². The Labute approximate surface area is 172 Å². The summed E-state index contributed by atoms with van der Waals surface area (Å²) in [4.78, 5) is 26.4. The molecule has 146 valence electrons. The number of furan rings is 1. The monoisotopic (exact) mass is 459 g/mol. The fourth-order valence-electron chi connectivity index (χ4n) is 3.23. The van der Waals surface area contributed by atoms with Crippen LogP contribution in [0.2, 0.25) is 0 Å². The van der Waals surface area contributed by atoms with Crippen molar-refractivity contribution in [3.05, 3.63) is 93.9 Å². The molecule has 1 aromatic heterocycles. The van der Waals surface area contributed by atoms with Gasteiger partial charge >= 0.3 is 0 Å². The van der Waals surface area contributed by atoms with E-state index in [9.17, 15) is 23.5 Å². The fourth-order valence-corrected chi connectivity index (χ4v) is 3.50. The molecular formula is C21H12BrF2NO4. The van der Waals surface area contributed by atoms with Crippen LogP contribution in [-0.4, -0.2) is 16.8 Å². The number of nitrogens with zero attached hydrogens (tertiary/aromatic N) is 1. The van der Waals surface area contributed by atoms with Crippen molar-refractivity contribution in [1.82, 2.24) is 0 Å². The number of anilines is 1. The molecule has 0 saturated carbocycles. The average molecular weight is 460 g/mol. The molecule has 1 unspecified atom stereocenters. The molecule has 1 atom stereocenters. The Morgan fingerprint density at radius 3 is 2.45 bits per heavy atom. The van der Waals surface area contributed by atoms with E-state index in [1.165, 1.54) is 18.4 Å². The Hall–Kier alpha value is -3.26. The molecule has 0 spiro atoms. The number of amides is 1. The number of ketones is 1. The van der Waals surface area contributed by atoms with Crippen molar-refractivity contribution in [2.45, 2.75) is 6.04 Å². The van der Waals surface area contributed by atoms with E-state index in [1.807, 2.05) is 0 Å². The van der Waals surface area contributed by atoms with Crippen molar-refractivity contribution in [3.8, 4) is 0 Å². The van der Waals surface area contributed by atoms with Crippen molar-refractivity contribution < 1.29 is 27.9 Å². The van der Waals surface area contributed by atoms with E-state index in [1.54, 1.807) is 24.3 Å². The fraction of sp³-hybridized carbons (Fsp3) is 0.0476. The van der Waals surface area contributed by atoms with Gasteiger partial charge in [0.15, 0.2) is 0 Å². The first-order valence-electron chi connectivity index (χ1n) is 8.44. The summed E-state index contributed by atoms with van der Waals surface area (Å²) in [5.41, 5.74) is -0.429. The van der Waals surface area contributed by atoms with E-state index in [2.05, 4.69) is 15.9 Å². The first-order chi connectivity index (χ1) is 13.9.